The van der Waals surface area contributed by atoms with Crippen molar-refractivity contribution in [1.29, 1.82) is 0 Å². The first kappa shape index (κ1) is 10.2. The minimum atomic E-state index is -0.244. The molecule has 0 amide bonds. The zero-order chi connectivity index (χ0) is 10.4. The van der Waals surface area contributed by atoms with Gasteiger partial charge in [-0.2, -0.15) is 0 Å². The lowest BCUT2D eigenvalue weighted by molar-refractivity contribution is -0.00581. The van der Waals surface area contributed by atoms with Crippen LogP contribution in [0.1, 0.15) is 39.5 Å². The molecule has 2 heteroatoms. The van der Waals surface area contributed by atoms with Crippen molar-refractivity contribution in [3.8, 4) is 0 Å². The van der Waals surface area contributed by atoms with Crippen molar-refractivity contribution in [2.45, 2.75) is 45.6 Å². The van der Waals surface area contributed by atoms with Crippen molar-refractivity contribution < 1.29 is 10.2 Å². The molecule has 0 aliphatic heterocycles. The quantitative estimate of drug-likeness (QED) is 0.628. The molecular weight excluding hydrogens is 176 g/mol. The third-order valence-corrected chi connectivity index (χ3v) is 4.27. The van der Waals surface area contributed by atoms with Gasteiger partial charge in [0.05, 0.1) is 12.7 Å². The van der Waals surface area contributed by atoms with Gasteiger partial charge in [-0.1, -0.05) is 25.5 Å². The van der Waals surface area contributed by atoms with Gasteiger partial charge >= 0.3 is 0 Å². The molecule has 2 atom stereocenters. The summed E-state index contributed by atoms with van der Waals surface area (Å²) in [6, 6.07) is 0. The van der Waals surface area contributed by atoms with Crippen LogP contribution in [0.3, 0.4) is 0 Å². The molecule has 1 saturated carbocycles. The SMILES string of the molecule is CC1(C)C2=CCCC2(CO)CCC1O. The van der Waals surface area contributed by atoms with E-state index in [1.807, 2.05) is 0 Å². The molecule has 0 heterocycles. The number of hydrogen-bond donors (Lipinski definition) is 2. The van der Waals surface area contributed by atoms with E-state index in [0.29, 0.717) is 0 Å². The lowest BCUT2D eigenvalue weighted by Crippen LogP contribution is -2.44. The van der Waals surface area contributed by atoms with Gasteiger partial charge in [0.1, 0.15) is 0 Å². The van der Waals surface area contributed by atoms with Crippen LogP contribution in [0.5, 0.6) is 0 Å². The zero-order valence-electron chi connectivity index (χ0n) is 9.08. The van der Waals surface area contributed by atoms with Gasteiger partial charge in [-0.25, -0.2) is 0 Å². The van der Waals surface area contributed by atoms with Gasteiger partial charge in [0, 0.05) is 10.8 Å². The Labute approximate surface area is 85.6 Å². The highest BCUT2D eigenvalue weighted by molar-refractivity contribution is 5.30. The number of rotatable bonds is 1. The maximum Gasteiger partial charge on any atom is 0.0628 e. The van der Waals surface area contributed by atoms with Crippen molar-refractivity contribution in [3.05, 3.63) is 11.6 Å². The minimum absolute atomic E-state index is 0.00271. The fourth-order valence-corrected chi connectivity index (χ4v) is 3.25. The van der Waals surface area contributed by atoms with Crippen LogP contribution in [0, 0.1) is 10.8 Å². The second-order valence-electron chi connectivity index (χ2n) is 5.37. The van der Waals surface area contributed by atoms with Gasteiger partial charge in [0.2, 0.25) is 0 Å². The predicted octanol–water partition coefficient (Wildman–Crippen LogP) is 1.87. The van der Waals surface area contributed by atoms with Crippen LogP contribution in [-0.2, 0) is 0 Å². The summed E-state index contributed by atoms with van der Waals surface area (Å²) in [4.78, 5) is 0. The summed E-state index contributed by atoms with van der Waals surface area (Å²) in [5.41, 5.74) is 1.16. The molecule has 2 rings (SSSR count). The molecule has 0 bridgehead atoms. The van der Waals surface area contributed by atoms with Gasteiger partial charge in [0.15, 0.2) is 0 Å². The van der Waals surface area contributed by atoms with E-state index >= 15 is 0 Å². The molecule has 0 aromatic rings. The lowest BCUT2D eigenvalue weighted by atomic mass is 9.60. The minimum Gasteiger partial charge on any atom is -0.395 e. The van der Waals surface area contributed by atoms with Crippen LogP contribution in [0.25, 0.3) is 0 Å². The molecule has 2 aliphatic carbocycles. The summed E-state index contributed by atoms with van der Waals surface area (Å²) in [5.74, 6) is 0. The van der Waals surface area contributed by atoms with E-state index in [1.165, 1.54) is 5.57 Å². The first-order valence-corrected chi connectivity index (χ1v) is 5.53. The average molecular weight is 196 g/mol. The molecule has 0 saturated heterocycles. The number of allylic oxidation sites excluding steroid dienone is 1. The van der Waals surface area contributed by atoms with Crippen LogP contribution in [0.15, 0.2) is 11.6 Å². The predicted molar refractivity (Wildman–Crippen MR) is 55.9 cm³/mol. The third-order valence-electron chi connectivity index (χ3n) is 4.27. The van der Waals surface area contributed by atoms with Crippen LogP contribution in [0.2, 0.25) is 0 Å². The molecule has 2 aliphatic rings. The van der Waals surface area contributed by atoms with E-state index in [0.717, 1.165) is 25.7 Å². The first-order chi connectivity index (χ1) is 6.53. The Hall–Kier alpha value is -0.340. The van der Waals surface area contributed by atoms with Gasteiger partial charge in [-0.15, -0.1) is 0 Å². The van der Waals surface area contributed by atoms with Gasteiger partial charge in [0.25, 0.3) is 0 Å². The van der Waals surface area contributed by atoms with Crippen molar-refractivity contribution in [2.24, 2.45) is 10.8 Å². The Bertz CT molecular complexity index is 267. The number of fused-ring (bicyclic) bond motifs is 1. The molecule has 0 radical (unpaired) electrons. The molecular formula is C12H20O2. The second kappa shape index (κ2) is 3.07. The summed E-state index contributed by atoms with van der Waals surface area (Å²) in [5, 5.41) is 19.5. The van der Waals surface area contributed by atoms with Crippen molar-refractivity contribution in [2.75, 3.05) is 6.61 Å². The Kier molecular flexibility index (Phi) is 2.24. The Morgan fingerprint density at radius 2 is 2.14 bits per heavy atom. The van der Waals surface area contributed by atoms with Crippen molar-refractivity contribution in [3.63, 3.8) is 0 Å². The highest BCUT2D eigenvalue weighted by atomic mass is 16.3. The normalized spacial score (nSPS) is 40.6. The zero-order valence-corrected chi connectivity index (χ0v) is 9.08. The largest absolute Gasteiger partial charge is 0.395 e. The summed E-state index contributed by atoms with van der Waals surface area (Å²) < 4.78 is 0. The highest BCUT2D eigenvalue weighted by Gasteiger charge is 2.50. The van der Waals surface area contributed by atoms with E-state index < -0.39 is 0 Å². The molecule has 0 aromatic carbocycles. The fourth-order valence-electron chi connectivity index (χ4n) is 3.25. The smallest absolute Gasteiger partial charge is 0.0628 e. The van der Waals surface area contributed by atoms with Crippen LogP contribution >= 0.6 is 0 Å². The second-order valence-corrected chi connectivity index (χ2v) is 5.37. The van der Waals surface area contributed by atoms with Crippen molar-refractivity contribution in [1.82, 2.24) is 0 Å². The molecule has 0 aromatic heterocycles. The highest BCUT2D eigenvalue weighted by Crippen LogP contribution is 2.56. The maximum absolute atomic E-state index is 9.97. The van der Waals surface area contributed by atoms with E-state index in [1.54, 1.807) is 0 Å². The average Bonchev–Trinajstić information content (AvgIpc) is 2.58. The Balaban J connectivity index is 2.37. The van der Waals surface area contributed by atoms with Crippen LogP contribution in [-0.4, -0.2) is 22.9 Å². The summed E-state index contributed by atoms with van der Waals surface area (Å²) in [7, 11) is 0. The molecule has 14 heavy (non-hydrogen) atoms. The lowest BCUT2D eigenvalue weighted by Gasteiger charge is -2.47. The standard InChI is InChI=1S/C12H20O2/c1-11(2)9-4-3-6-12(9,8-13)7-5-10(11)14/h4,10,13-14H,3,5-8H2,1-2H3. The van der Waals surface area contributed by atoms with Gasteiger partial charge in [-0.05, 0) is 25.7 Å². The Morgan fingerprint density at radius 3 is 2.79 bits per heavy atom. The third kappa shape index (κ3) is 1.17. The fraction of sp³-hybridized carbons (Fsp3) is 0.833. The first-order valence-electron chi connectivity index (χ1n) is 5.53. The van der Waals surface area contributed by atoms with Crippen molar-refractivity contribution >= 4 is 0 Å². The molecule has 2 N–H and O–H groups in total. The van der Waals surface area contributed by atoms with E-state index in [9.17, 15) is 10.2 Å². The summed E-state index contributed by atoms with van der Waals surface area (Å²) in [6.07, 6.45) is 5.89. The number of aliphatic hydroxyl groups is 2. The van der Waals surface area contributed by atoms with Crippen LogP contribution in [0.4, 0.5) is 0 Å². The number of hydrogen-bond acceptors (Lipinski definition) is 2. The topological polar surface area (TPSA) is 40.5 Å². The molecule has 1 fully saturated rings. The molecule has 80 valence electrons. The van der Waals surface area contributed by atoms with E-state index in [4.69, 9.17) is 0 Å². The van der Waals surface area contributed by atoms with Crippen LogP contribution < -0.4 is 0 Å². The van der Waals surface area contributed by atoms with E-state index in [-0.39, 0.29) is 23.5 Å². The summed E-state index contributed by atoms with van der Waals surface area (Å²) in [6.45, 7) is 4.44. The van der Waals surface area contributed by atoms with Gasteiger partial charge in [-0.3, -0.25) is 0 Å². The summed E-state index contributed by atoms with van der Waals surface area (Å²) >= 11 is 0. The number of aliphatic hydroxyl groups excluding tert-OH is 2. The molecule has 0 spiro atoms. The van der Waals surface area contributed by atoms with Gasteiger partial charge < -0.3 is 10.2 Å². The molecule has 2 unspecified atom stereocenters. The maximum atomic E-state index is 9.97. The van der Waals surface area contributed by atoms with E-state index in [2.05, 4.69) is 19.9 Å². The Morgan fingerprint density at radius 1 is 1.43 bits per heavy atom. The monoisotopic (exact) mass is 196 g/mol. The molecule has 2 nitrogen and oxygen atoms in total.